The van der Waals surface area contributed by atoms with Crippen LogP contribution in [0, 0.1) is 0 Å². The molecule has 8 aromatic rings. The summed E-state index contributed by atoms with van der Waals surface area (Å²) in [6, 6.07) is 45.8. The molecule has 0 amide bonds. The Bertz CT molecular complexity index is 2080. The molecule has 0 N–H and O–H groups in total. The first kappa shape index (κ1) is 21.4. The maximum Gasteiger partial charge on any atom is 0.0888 e. The number of hydrogen-bond acceptors (Lipinski definition) is 2. The van der Waals surface area contributed by atoms with Crippen molar-refractivity contribution in [3.05, 3.63) is 134 Å². The lowest BCUT2D eigenvalue weighted by Gasteiger charge is -2.13. The van der Waals surface area contributed by atoms with Crippen LogP contribution in [0.4, 0.5) is 0 Å². The van der Waals surface area contributed by atoms with Crippen molar-refractivity contribution in [2.45, 2.75) is 0 Å². The lowest BCUT2D eigenvalue weighted by molar-refractivity contribution is 1.18. The van der Waals surface area contributed by atoms with E-state index in [9.17, 15) is 0 Å². The summed E-state index contributed by atoms with van der Waals surface area (Å²) >= 11 is 1.82. The SMILES string of the molecule is c1ccc(-c2cccc3c2sc2cccnc23)c(-c2ccc(-n3c4ccccc4c4ccccc43)cc2)c1. The molecular formula is C35H22N2S. The molecule has 38 heavy (non-hydrogen) atoms. The average Bonchev–Trinajstić information content (AvgIpc) is 3.53. The van der Waals surface area contributed by atoms with Crippen LogP contribution in [0.25, 0.3) is 70.0 Å². The van der Waals surface area contributed by atoms with Gasteiger partial charge in [-0.1, -0.05) is 91.0 Å². The highest BCUT2D eigenvalue weighted by atomic mass is 32.1. The minimum Gasteiger partial charge on any atom is -0.309 e. The van der Waals surface area contributed by atoms with Crippen LogP contribution in [0.2, 0.25) is 0 Å². The summed E-state index contributed by atoms with van der Waals surface area (Å²) in [6.45, 7) is 0. The molecule has 0 saturated carbocycles. The van der Waals surface area contributed by atoms with Gasteiger partial charge in [0.2, 0.25) is 0 Å². The third-order valence-corrected chi connectivity index (χ3v) is 8.68. The molecule has 0 saturated heterocycles. The monoisotopic (exact) mass is 502 g/mol. The minimum atomic E-state index is 1.09. The lowest BCUT2D eigenvalue weighted by Crippen LogP contribution is -1.94. The standard InChI is InChI=1S/C35H22N2S/c1-2-10-26(29-13-7-14-30-34-33(38-35(29)30)17-8-22-36-34)25(9-1)23-18-20-24(21-19-23)37-31-15-5-3-11-27(31)28-12-4-6-16-32(28)37/h1-22H. The molecule has 3 heteroatoms. The first-order chi connectivity index (χ1) is 18.9. The largest absolute Gasteiger partial charge is 0.309 e. The molecule has 0 bridgehead atoms. The third-order valence-electron chi connectivity index (χ3n) is 7.49. The van der Waals surface area contributed by atoms with E-state index in [-0.39, 0.29) is 0 Å². The summed E-state index contributed by atoms with van der Waals surface area (Å²) in [7, 11) is 0. The fraction of sp³-hybridized carbons (Fsp3) is 0. The van der Waals surface area contributed by atoms with E-state index in [2.05, 4.69) is 131 Å². The van der Waals surface area contributed by atoms with Gasteiger partial charge < -0.3 is 4.57 Å². The minimum absolute atomic E-state index is 1.09. The number of para-hydroxylation sites is 2. The number of benzene rings is 5. The second-order valence-corrected chi connectivity index (χ2v) is 10.6. The molecule has 0 aliphatic carbocycles. The Morgan fingerprint density at radius 2 is 1.13 bits per heavy atom. The Kier molecular flexibility index (Phi) is 4.73. The van der Waals surface area contributed by atoms with Crippen LogP contribution in [0.15, 0.2) is 134 Å². The maximum atomic E-state index is 4.67. The topological polar surface area (TPSA) is 17.8 Å². The quantitative estimate of drug-likeness (QED) is 0.235. The Morgan fingerprint density at radius 1 is 0.500 bits per heavy atom. The van der Waals surface area contributed by atoms with Crippen LogP contribution >= 0.6 is 11.3 Å². The van der Waals surface area contributed by atoms with Crippen LogP contribution in [0.5, 0.6) is 0 Å². The van der Waals surface area contributed by atoms with Gasteiger partial charge in [-0.2, -0.15) is 0 Å². The predicted octanol–water partition coefficient (Wildman–Crippen LogP) is 9.88. The maximum absolute atomic E-state index is 4.67. The second-order valence-electron chi connectivity index (χ2n) is 9.60. The van der Waals surface area contributed by atoms with Gasteiger partial charge in [0.15, 0.2) is 0 Å². The number of aromatic nitrogens is 2. The first-order valence-electron chi connectivity index (χ1n) is 12.8. The van der Waals surface area contributed by atoms with E-state index in [1.807, 2.05) is 23.6 Å². The van der Waals surface area contributed by atoms with Gasteiger partial charge in [0.05, 0.1) is 21.3 Å². The van der Waals surface area contributed by atoms with Crippen molar-refractivity contribution in [2.24, 2.45) is 0 Å². The summed E-state index contributed by atoms with van der Waals surface area (Å²) in [5.74, 6) is 0. The van der Waals surface area contributed by atoms with E-state index in [4.69, 9.17) is 0 Å². The van der Waals surface area contributed by atoms with Gasteiger partial charge in [0.1, 0.15) is 0 Å². The molecule has 0 aliphatic heterocycles. The van der Waals surface area contributed by atoms with Crippen molar-refractivity contribution in [1.82, 2.24) is 9.55 Å². The molecule has 3 aromatic heterocycles. The Hall–Kier alpha value is -4.73. The van der Waals surface area contributed by atoms with Gasteiger partial charge in [-0.15, -0.1) is 11.3 Å². The molecule has 2 nitrogen and oxygen atoms in total. The molecule has 5 aromatic carbocycles. The molecule has 0 aliphatic rings. The van der Waals surface area contributed by atoms with Gasteiger partial charge in [-0.3, -0.25) is 4.98 Å². The zero-order valence-corrected chi connectivity index (χ0v) is 21.3. The Balaban J connectivity index is 1.29. The van der Waals surface area contributed by atoms with E-state index < -0.39 is 0 Å². The molecule has 0 fully saturated rings. The van der Waals surface area contributed by atoms with Crippen molar-refractivity contribution in [2.75, 3.05) is 0 Å². The van der Waals surface area contributed by atoms with Crippen molar-refractivity contribution in [1.29, 1.82) is 0 Å². The van der Waals surface area contributed by atoms with Crippen molar-refractivity contribution in [3.63, 3.8) is 0 Å². The summed E-state index contributed by atoms with van der Waals surface area (Å²) < 4.78 is 4.88. The van der Waals surface area contributed by atoms with E-state index in [1.165, 1.54) is 64.5 Å². The molecule has 0 spiro atoms. The van der Waals surface area contributed by atoms with Crippen LogP contribution in [0.3, 0.4) is 0 Å². The van der Waals surface area contributed by atoms with Crippen molar-refractivity contribution in [3.8, 4) is 27.9 Å². The normalized spacial score (nSPS) is 11.7. The highest BCUT2D eigenvalue weighted by molar-refractivity contribution is 7.26. The average molecular weight is 503 g/mol. The van der Waals surface area contributed by atoms with Crippen LogP contribution in [0.1, 0.15) is 0 Å². The summed E-state index contributed by atoms with van der Waals surface area (Å²) in [5.41, 5.74) is 9.66. The Morgan fingerprint density at radius 3 is 1.89 bits per heavy atom. The Labute approximate surface area is 224 Å². The van der Waals surface area contributed by atoms with Gasteiger partial charge in [-0.05, 0) is 53.1 Å². The number of nitrogens with zero attached hydrogens (tertiary/aromatic N) is 2. The van der Waals surface area contributed by atoms with Gasteiger partial charge in [0, 0.05) is 38.3 Å². The lowest BCUT2D eigenvalue weighted by atomic mass is 9.94. The number of rotatable bonds is 3. The second kappa shape index (κ2) is 8.41. The predicted molar refractivity (Wildman–Crippen MR) is 162 cm³/mol. The molecule has 3 heterocycles. The number of fused-ring (bicyclic) bond motifs is 6. The van der Waals surface area contributed by atoms with E-state index >= 15 is 0 Å². The smallest absolute Gasteiger partial charge is 0.0888 e. The first-order valence-corrected chi connectivity index (χ1v) is 13.6. The fourth-order valence-electron chi connectivity index (χ4n) is 5.79. The van der Waals surface area contributed by atoms with E-state index in [0.717, 1.165) is 5.52 Å². The van der Waals surface area contributed by atoms with Gasteiger partial charge in [0.25, 0.3) is 0 Å². The molecule has 8 rings (SSSR count). The van der Waals surface area contributed by atoms with Crippen molar-refractivity contribution >= 4 is 53.4 Å². The number of hydrogen-bond donors (Lipinski definition) is 0. The summed E-state index contributed by atoms with van der Waals surface area (Å²) in [5, 5.41) is 3.78. The van der Waals surface area contributed by atoms with Crippen molar-refractivity contribution < 1.29 is 0 Å². The zero-order chi connectivity index (χ0) is 25.1. The van der Waals surface area contributed by atoms with E-state index in [0.29, 0.717) is 0 Å². The highest BCUT2D eigenvalue weighted by Gasteiger charge is 2.15. The third kappa shape index (κ3) is 3.16. The van der Waals surface area contributed by atoms with Crippen LogP contribution in [-0.2, 0) is 0 Å². The number of pyridine rings is 1. The number of thiophene rings is 1. The van der Waals surface area contributed by atoms with Gasteiger partial charge >= 0.3 is 0 Å². The summed E-state index contributed by atoms with van der Waals surface area (Å²) in [4.78, 5) is 4.67. The molecule has 0 unspecified atom stereocenters. The van der Waals surface area contributed by atoms with E-state index in [1.54, 1.807) is 0 Å². The molecule has 0 atom stereocenters. The molecular weight excluding hydrogens is 480 g/mol. The van der Waals surface area contributed by atoms with Gasteiger partial charge in [-0.25, -0.2) is 0 Å². The molecule has 178 valence electrons. The summed E-state index contributed by atoms with van der Waals surface area (Å²) in [6.07, 6.45) is 1.88. The fourth-order valence-corrected chi connectivity index (χ4v) is 6.98. The molecule has 0 radical (unpaired) electrons. The zero-order valence-electron chi connectivity index (χ0n) is 20.5. The van der Waals surface area contributed by atoms with Crippen LogP contribution in [-0.4, -0.2) is 9.55 Å². The highest BCUT2D eigenvalue weighted by Crippen LogP contribution is 2.42. The van der Waals surface area contributed by atoms with Crippen LogP contribution < -0.4 is 0 Å².